The van der Waals surface area contributed by atoms with E-state index in [9.17, 15) is 13.2 Å². The lowest BCUT2D eigenvalue weighted by Gasteiger charge is -2.26. The Balaban J connectivity index is 1.35. The van der Waals surface area contributed by atoms with E-state index in [4.69, 9.17) is 9.47 Å². The molecule has 0 saturated carbocycles. The maximum atomic E-state index is 13.1. The number of hydrogen-bond acceptors (Lipinski definition) is 7. The third-order valence-corrected chi connectivity index (χ3v) is 8.62. The molecule has 2 aliphatic heterocycles. The molecule has 8 nitrogen and oxygen atoms in total. The molecular formula is C24H25N3O5S2. The summed E-state index contributed by atoms with van der Waals surface area (Å²) in [6, 6.07) is 10.3. The first kappa shape index (κ1) is 22.8. The van der Waals surface area contributed by atoms with E-state index < -0.39 is 15.9 Å². The second kappa shape index (κ2) is 9.36. The van der Waals surface area contributed by atoms with Crippen molar-refractivity contribution in [3.8, 4) is 22.8 Å². The van der Waals surface area contributed by atoms with Gasteiger partial charge in [0, 0.05) is 29.6 Å². The number of thiazole rings is 1. The normalized spacial score (nSPS) is 16.3. The van der Waals surface area contributed by atoms with E-state index in [0.717, 1.165) is 24.8 Å². The Morgan fingerprint density at radius 3 is 2.59 bits per heavy atom. The summed E-state index contributed by atoms with van der Waals surface area (Å²) < 4.78 is 38.8. The van der Waals surface area contributed by atoms with Gasteiger partial charge in [-0.25, -0.2) is 13.4 Å². The predicted molar refractivity (Wildman–Crippen MR) is 130 cm³/mol. The molecule has 0 aliphatic carbocycles. The van der Waals surface area contributed by atoms with Crippen LogP contribution in [0.4, 0.5) is 5.13 Å². The summed E-state index contributed by atoms with van der Waals surface area (Å²) in [4.78, 5) is 17.7. The molecule has 1 amide bonds. The number of rotatable bonds is 5. The minimum Gasteiger partial charge on any atom is -0.486 e. The molecule has 1 saturated heterocycles. The molecular weight excluding hydrogens is 474 g/mol. The Labute approximate surface area is 202 Å². The summed E-state index contributed by atoms with van der Waals surface area (Å²) in [6.07, 6.45) is 2.75. The Morgan fingerprint density at radius 1 is 1.03 bits per heavy atom. The summed E-state index contributed by atoms with van der Waals surface area (Å²) in [5, 5.41) is 5.10. The van der Waals surface area contributed by atoms with Crippen molar-refractivity contribution < 1.29 is 22.7 Å². The Kier molecular flexibility index (Phi) is 6.28. The summed E-state index contributed by atoms with van der Waals surface area (Å²) in [5.74, 6) is 0.981. The predicted octanol–water partition coefficient (Wildman–Crippen LogP) is 4.32. The van der Waals surface area contributed by atoms with Crippen molar-refractivity contribution in [1.82, 2.24) is 9.29 Å². The highest BCUT2D eigenvalue weighted by atomic mass is 32.2. The van der Waals surface area contributed by atoms with Gasteiger partial charge in [0.2, 0.25) is 10.0 Å². The second-order valence-electron chi connectivity index (χ2n) is 8.29. The molecule has 1 N–H and O–H groups in total. The number of benzene rings is 2. The molecule has 2 aromatic carbocycles. The Hall–Kier alpha value is -2.95. The first-order valence-electron chi connectivity index (χ1n) is 11.2. The fraction of sp³-hybridized carbons (Fsp3) is 0.333. The van der Waals surface area contributed by atoms with E-state index in [1.807, 2.05) is 23.6 Å². The van der Waals surface area contributed by atoms with Gasteiger partial charge in [0.1, 0.15) is 13.2 Å². The quantitative estimate of drug-likeness (QED) is 0.562. The van der Waals surface area contributed by atoms with Crippen LogP contribution in [-0.4, -0.2) is 49.9 Å². The van der Waals surface area contributed by atoms with Crippen LogP contribution >= 0.6 is 11.3 Å². The zero-order chi connectivity index (χ0) is 23.7. The van der Waals surface area contributed by atoms with Gasteiger partial charge < -0.3 is 9.47 Å². The van der Waals surface area contributed by atoms with Crippen LogP contribution in [0.3, 0.4) is 0 Å². The number of amides is 1. The summed E-state index contributed by atoms with van der Waals surface area (Å²) in [5.41, 5.74) is 2.56. The monoisotopic (exact) mass is 499 g/mol. The molecule has 10 heteroatoms. The van der Waals surface area contributed by atoms with Crippen LogP contribution in [0.5, 0.6) is 11.5 Å². The van der Waals surface area contributed by atoms with E-state index >= 15 is 0 Å². The number of aromatic nitrogens is 1. The molecule has 1 fully saturated rings. The maximum Gasteiger partial charge on any atom is 0.257 e. The number of carbonyl (C=O) groups is 1. The van der Waals surface area contributed by atoms with Gasteiger partial charge >= 0.3 is 0 Å². The van der Waals surface area contributed by atoms with Gasteiger partial charge in [0.15, 0.2) is 16.6 Å². The molecule has 3 aromatic rings. The third-order valence-electron chi connectivity index (χ3n) is 5.97. The van der Waals surface area contributed by atoms with E-state index in [1.165, 1.54) is 21.7 Å². The molecule has 0 unspecified atom stereocenters. The maximum absolute atomic E-state index is 13.1. The van der Waals surface area contributed by atoms with Gasteiger partial charge in [-0.1, -0.05) is 12.5 Å². The first-order chi connectivity index (χ1) is 16.4. The Morgan fingerprint density at radius 2 is 1.79 bits per heavy atom. The van der Waals surface area contributed by atoms with Crippen molar-refractivity contribution in [3.05, 3.63) is 52.9 Å². The molecule has 0 spiro atoms. The highest BCUT2D eigenvalue weighted by Gasteiger charge is 2.27. The number of anilines is 1. The lowest BCUT2D eigenvalue weighted by Crippen LogP contribution is -2.35. The molecule has 0 bridgehead atoms. The van der Waals surface area contributed by atoms with Crippen molar-refractivity contribution in [1.29, 1.82) is 0 Å². The number of fused-ring (bicyclic) bond motifs is 1. The summed E-state index contributed by atoms with van der Waals surface area (Å²) in [7, 11) is -3.63. The van der Waals surface area contributed by atoms with E-state index in [-0.39, 0.29) is 4.90 Å². The number of ether oxygens (including phenoxy) is 2. The lowest BCUT2D eigenvalue weighted by atomic mass is 10.1. The molecule has 0 radical (unpaired) electrons. The van der Waals surface area contributed by atoms with Crippen molar-refractivity contribution in [3.63, 3.8) is 0 Å². The van der Waals surface area contributed by atoms with Crippen molar-refractivity contribution in [2.24, 2.45) is 0 Å². The van der Waals surface area contributed by atoms with Gasteiger partial charge in [-0.3, -0.25) is 10.1 Å². The van der Waals surface area contributed by atoms with Gasteiger partial charge in [0.05, 0.1) is 10.6 Å². The van der Waals surface area contributed by atoms with E-state index in [0.29, 0.717) is 59.8 Å². The smallest absolute Gasteiger partial charge is 0.257 e. The molecule has 178 valence electrons. The van der Waals surface area contributed by atoms with Crippen LogP contribution in [0.2, 0.25) is 0 Å². The average molecular weight is 500 g/mol. The summed E-state index contributed by atoms with van der Waals surface area (Å²) in [6.45, 7) is 3.84. The van der Waals surface area contributed by atoms with Crippen LogP contribution < -0.4 is 14.8 Å². The second-order valence-corrected chi connectivity index (χ2v) is 11.1. The van der Waals surface area contributed by atoms with Crippen LogP contribution in [0.15, 0.2) is 46.7 Å². The van der Waals surface area contributed by atoms with Crippen molar-refractivity contribution in [2.45, 2.75) is 31.1 Å². The van der Waals surface area contributed by atoms with Gasteiger partial charge in [-0.05, 0) is 55.7 Å². The number of piperidine rings is 1. The molecule has 5 rings (SSSR count). The van der Waals surface area contributed by atoms with Crippen LogP contribution in [0.25, 0.3) is 11.3 Å². The largest absolute Gasteiger partial charge is 0.486 e. The number of nitrogens with zero attached hydrogens (tertiary/aromatic N) is 2. The topological polar surface area (TPSA) is 97.8 Å². The number of nitrogens with one attached hydrogen (secondary N) is 1. The molecule has 34 heavy (non-hydrogen) atoms. The van der Waals surface area contributed by atoms with Gasteiger partial charge in [-0.15, -0.1) is 11.3 Å². The zero-order valence-electron chi connectivity index (χ0n) is 18.7. The SMILES string of the molecule is Cc1ccc(S(=O)(=O)N2CCCCC2)cc1C(=O)Nc1nc(-c2ccc3c(c2)OCCO3)cs1. The number of carbonyl (C=O) groups excluding carboxylic acids is 1. The van der Waals surface area contributed by atoms with E-state index in [1.54, 1.807) is 19.1 Å². The molecule has 0 atom stereocenters. The highest BCUT2D eigenvalue weighted by Crippen LogP contribution is 2.35. The number of aryl methyl sites for hydroxylation is 1. The fourth-order valence-electron chi connectivity index (χ4n) is 4.09. The van der Waals surface area contributed by atoms with Crippen molar-refractivity contribution >= 4 is 32.4 Å². The van der Waals surface area contributed by atoms with Crippen LogP contribution in [0.1, 0.15) is 35.2 Å². The van der Waals surface area contributed by atoms with Gasteiger partial charge in [0.25, 0.3) is 5.91 Å². The average Bonchev–Trinajstić information content (AvgIpc) is 3.33. The summed E-state index contributed by atoms with van der Waals surface area (Å²) >= 11 is 1.30. The first-order valence-corrected chi connectivity index (χ1v) is 13.5. The zero-order valence-corrected chi connectivity index (χ0v) is 20.4. The lowest BCUT2D eigenvalue weighted by molar-refractivity contribution is 0.102. The van der Waals surface area contributed by atoms with Crippen LogP contribution in [0, 0.1) is 6.92 Å². The number of hydrogen-bond donors (Lipinski definition) is 1. The molecule has 2 aliphatic rings. The van der Waals surface area contributed by atoms with Crippen molar-refractivity contribution in [2.75, 3.05) is 31.6 Å². The minimum atomic E-state index is -3.63. The standard InChI is InChI=1S/C24H25N3O5S2/c1-16-5-7-18(34(29,30)27-9-3-2-4-10-27)14-19(16)23(28)26-24-25-20(15-33-24)17-6-8-21-22(13-17)32-12-11-31-21/h5-8,13-15H,2-4,9-12H2,1H3,(H,25,26,28). The van der Waals surface area contributed by atoms with Crippen LogP contribution in [-0.2, 0) is 10.0 Å². The fourth-order valence-corrected chi connectivity index (χ4v) is 6.35. The van der Waals surface area contributed by atoms with E-state index in [2.05, 4.69) is 10.3 Å². The number of sulfonamides is 1. The van der Waals surface area contributed by atoms with Gasteiger partial charge in [-0.2, -0.15) is 4.31 Å². The third kappa shape index (κ3) is 4.53. The molecule has 1 aromatic heterocycles. The highest BCUT2D eigenvalue weighted by molar-refractivity contribution is 7.89. The minimum absolute atomic E-state index is 0.140. The Bertz CT molecular complexity index is 1330. The molecule has 3 heterocycles.